The van der Waals surface area contributed by atoms with Crippen LogP contribution in [0.15, 0.2) is 29.4 Å². The molecule has 1 aliphatic rings. The maximum absolute atomic E-state index is 12.2. The summed E-state index contributed by atoms with van der Waals surface area (Å²) in [6, 6.07) is 5.55. The number of hydrogen-bond donors (Lipinski definition) is 1. The highest BCUT2D eigenvalue weighted by molar-refractivity contribution is 7.89. The molecule has 0 spiro atoms. The fraction of sp³-hybridized carbons (Fsp3) is 0.385. The lowest BCUT2D eigenvalue weighted by atomic mass is 10.0. The van der Waals surface area contributed by atoms with Gasteiger partial charge in [0.1, 0.15) is 12.4 Å². The zero-order valence-electron chi connectivity index (χ0n) is 11.8. The van der Waals surface area contributed by atoms with Crippen molar-refractivity contribution in [1.82, 2.24) is 19.7 Å². The van der Waals surface area contributed by atoms with E-state index in [1.165, 1.54) is 10.9 Å². The van der Waals surface area contributed by atoms with Crippen LogP contribution in [-0.4, -0.2) is 36.1 Å². The van der Waals surface area contributed by atoms with Gasteiger partial charge >= 0.3 is 0 Å². The number of rotatable bonds is 3. The quantitative estimate of drug-likeness (QED) is 0.887. The topological polar surface area (TPSA) is 86.1 Å². The molecule has 0 aliphatic carbocycles. The Morgan fingerprint density at radius 2 is 2.24 bits per heavy atom. The second-order valence-corrected chi connectivity index (χ2v) is 6.79. The van der Waals surface area contributed by atoms with Gasteiger partial charge in [0.2, 0.25) is 5.03 Å². The van der Waals surface area contributed by atoms with Crippen LogP contribution < -0.4 is 9.46 Å². The molecule has 1 aromatic heterocycles. The first-order valence-corrected chi connectivity index (χ1v) is 8.04. The molecular weight excluding hydrogens is 292 g/mol. The normalized spacial score (nSPS) is 18.1. The number of para-hydroxylation sites is 1. The summed E-state index contributed by atoms with van der Waals surface area (Å²) in [7, 11) is -2.06. The summed E-state index contributed by atoms with van der Waals surface area (Å²) < 4.78 is 34.1. The first kappa shape index (κ1) is 14.0. The molecule has 1 atom stereocenters. The number of benzene rings is 1. The van der Waals surface area contributed by atoms with E-state index in [0.717, 1.165) is 16.9 Å². The van der Waals surface area contributed by atoms with Crippen molar-refractivity contribution in [2.24, 2.45) is 7.05 Å². The minimum atomic E-state index is -3.68. The second-order valence-electron chi connectivity index (χ2n) is 5.13. The fourth-order valence-corrected chi connectivity index (χ4v) is 3.54. The Bertz CT molecular complexity index is 769. The van der Waals surface area contributed by atoms with Gasteiger partial charge in [-0.2, -0.15) is 0 Å². The highest BCUT2D eigenvalue weighted by atomic mass is 32.2. The van der Waals surface area contributed by atoms with Crippen molar-refractivity contribution in [2.45, 2.75) is 24.4 Å². The van der Waals surface area contributed by atoms with Crippen molar-refractivity contribution >= 4 is 10.0 Å². The van der Waals surface area contributed by atoms with Crippen molar-refractivity contribution in [2.75, 3.05) is 6.61 Å². The van der Waals surface area contributed by atoms with Gasteiger partial charge in [0.15, 0.2) is 0 Å². The highest BCUT2D eigenvalue weighted by Crippen LogP contribution is 2.28. The Labute approximate surface area is 123 Å². The van der Waals surface area contributed by atoms with E-state index in [-0.39, 0.29) is 11.1 Å². The zero-order valence-corrected chi connectivity index (χ0v) is 12.6. The van der Waals surface area contributed by atoms with Crippen molar-refractivity contribution in [3.05, 3.63) is 35.5 Å². The predicted molar refractivity (Wildman–Crippen MR) is 75.5 cm³/mol. The average Bonchev–Trinajstić information content (AvgIpc) is 2.86. The summed E-state index contributed by atoms with van der Waals surface area (Å²) in [4.78, 5) is 0. The largest absolute Gasteiger partial charge is 0.491 e. The van der Waals surface area contributed by atoms with Crippen LogP contribution in [0.4, 0.5) is 0 Å². The maximum atomic E-state index is 12.2. The van der Waals surface area contributed by atoms with E-state index in [9.17, 15) is 8.42 Å². The Morgan fingerprint density at radius 3 is 2.95 bits per heavy atom. The Balaban J connectivity index is 1.78. The molecule has 1 unspecified atom stereocenters. The second kappa shape index (κ2) is 5.12. The molecule has 21 heavy (non-hydrogen) atoms. The fourth-order valence-electron chi connectivity index (χ4n) is 2.39. The Morgan fingerprint density at radius 1 is 1.43 bits per heavy atom. The van der Waals surface area contributed by atoms with E-state index in [0.29, 0.717) is 13.0 Å². The Hall–Kier alpha value is -1.93. The predicted octanol–water partition coefficient (Wildman–Crippen LogP) is 0.406. The number of nitrogens with one attached hydrogen (secondary N) is 1. The van der Waals surface area contributed by atoms with Gasteiger partial charge in [-0.3, -0.25) is 4.68 Å². The molecular formula is C13H16N4O3S. The average molecular weight is 308 g/mol. The van der Waals surface area contributed by atoms with E-state index in [1.807, 2.05) is 25.1 Å². The number of hydrogen-bond acceptors (Lipinski definition) is 5. The molecule has 1 aliphatic heterocycles. The lowest BCUT2D eigenvalue weighted by molar-refractivity contribution is 0.252. The summed E-state index contributed by atoms with van der Waals surface area (Å²) in [6.45, 7) is 2.28. The van der Waals surface area contributed by atoms with Gasteiger partial charge in [-0.1, -0.05) is 23.4 Å². The van der Waals surface area contributed by atoms with Crippen LogP contribution in [0.2, 0.25) is 0 Å². The third kappa shape index (κ3) is 2.77. The van der Waals surface area contributed by atoms with E-state index in [2.05, 4.69) is 15.0 Å². The van der Waals surface area contributed by atoms with Crippen LogP contribution in [0, 0.1) is 6.92 Å². The van der Waals surface area contributed by atoms with Gasteiger partial charge in [0.25, 0.3) is 10.0 Å². The van der Waals surface area contributed by atoms with Crippen LogP contribution in [-0.2, 0) is 23.5 Å². The lowest BCUT2D eigenvalue weighted by Crippen LogP contribution is -2.42. The maximum Gasteiger partial charge on any atom is 0.261 e. The number of fused-ring (bicyclic) bond motifs is 1. The first-order valence-electron chi connectivity index (χ1n) is 6.55. The molecule has 2 aromatic rings. The van der Waals surface area contributed by atoms with Gasteiger partial charge in [-0.05, 0) is 24.5 Å². The van der Waals surface area contributed by atoms with Gasteiger partial charge < -0.3 is 4.74 Å². The molecule has 1 aromatic carbocycles. The van der Waals surface area contributed by atoms with Gasteiger partial charge in [0, 0.05) is 7.05 Å². The van der Waals surface area contributed by atoms with Crippen molar-refractivity contribution in [1.29, 1.82) is 0 Å². The monoisotopic (exact) mass is 308 g/mol. The third-order valence-electron chi connectivity index (χ3n) is 3.37. The van der Waals surface area contributed by atoms with Gasteiger partial charge in [-0.25, -0.2) is 13.1 Å². The molecule has 0 saturated heterocycles. The lowest BCUT2D eigenvalue weighted by Gasteiger charge is -2.26. The van der Waals surface area contributed by atoms with Crippen molar-refractivity contribution in [3.8, 4) is 5.75 Å². The molecule has 2 heterocycles. The summed E-state index contributed by atoms with van der Waals surface area (Å²) in [5, 5.41) is 7.19. The van der Waals surface area contributed by atoms with Crippen LogP contribution >= 0.6 is 0 Å². The van der Waals surface area contributed by atoms with Crippen LogP contribution in [0.3, 0.4) is 0 Å². The van der Waals surface area contributed by atoms with E-state index in [4.69, 9.17) is 4.74 Å². The molecule has 0 radical (unpaired) electrons. The molecule has 0 bridgehead atoms. The molecule has 8 heteroatoms. The first-order chi connectivity index (χ1) is 9.95. The highest BCUT2D eigenvalue weighted by Gasteiger charge is 2.27. The standard InChI is InChI=1S/C13H16N4O3S/c1-9-4-3-5-10-6-11(8-20-13(9)10)15-21(18,19)12-7-17(2)16-14-12/h3-5,7,11,15H,6,8H2,1-2H3. The summed E-state index contributed by atoms with van der Waals surface area (Å²) >= 11 is 0. The third-order valence-corrected chi connectivity index (χ3v) is 4.75. The number of aromatic nitrogens is 3. The van der Waals surface area contributed by atoms with Crippen molar-refractivity contribution < 1.29 is 13.2 Å². The zero-order chi connectivity index (χ0) is 15.0. The SMILES string of the molecule is Cc1cccc2c1OCC(NS(=O)(=O)c1cn(C)nn1)C2. The number of nitrogens with zero attached hydrogens (tertiary/aromatic N) is 3. The summed E-state index contributed by atoms with van der Waals surface area (Å²) in [5.74, 6) is 0.854. The molecule has 0 saturated carbocycles. The minimum absolute atomic E-state index is 0.0833. The van der Waals surface area contributed by atoms with Crippen LogP contribution in [0.25, 0.3) is 0 Å². The molecule has 112 valence electrons. The molecule has 7 nitrogen and oxygen atoms in total. The number of ether oxygens (including phenoxy) is 1. The minimum Gasteiger partial charge on any atom is -0.491 e. The van der Waals surface area contributed by atoms with Crippen LogP contribution in [0.1, 0.15) is 11.1 Å². The van der Waals surface area contributed by atoms with Crippen molar-refractivity contribution in [3.63, 3.8) is 0 Å². The number of sulfonamides is 1. The molecule has 3 rings (SSSR count). The van der Waals surface area contributed by atoms with E-state index < -0.39 is 10.0 Å². The molecule has 0 fully saturated rings. The van der Waals surface area contributed by atoms with Gasteiger partial charge in [0.05, 0.1) is 12.2 Å². The molecule has 1 N–H and O–H groups in total. The smallest absolute Gasteiger partial charge is 0.261 e. The van der Waals surface area contributed by atoms with E-state index >= 15 is 0 Å². The summed E-state index contributed by atoms with van der Waals surface area (Å²) in [6.07, 6.45) is 1.96. The number of aryl methyl sites for hydroxylation is 2. The van der Waals surface area contributed by atoms with E-state index in [1.54, 1.807) is 7.05 Å². The Kier molecular flexibility index (Phi) is 3.42. The van der Waals surface area contributed by atoms with Gasteiger partial charge in [-0.15, -0.1) is 5.10 Å². The molecule has 0 amide bonds. The summed E-state index contributed by atoms with van der Waals surface area (Å²) in [5.41, 5.74) is 2.07. The van der Waals surface area contributed by atoms with Crippen LogP contribution in [0.5, 0.6) is 5.75 Å².